The van der Waals surface area contributed by atoms with E-state index >= 15 is 0 Å². The highest BCUT2D eigenvalue weighted by Gasteiger charge is 2.28. The number of carbonyl (C=O) groups excluding carboxylic acids is 1. The minimum absolute atomic E-state index is 0.271. The Kier molecular flexibility index (Phi) is 4.56. The highest BCUT2D eigenvalue weighted by molar-refractivity contribution is 5.76. The number of carbonyl (C=O) groups is 1. The molecular formula is C16H23N5O. The predicted molar refractivity (Wildman–Crippen MR) is 83.2 cm³/mol. The van der Waals surface area contributed by atoms with Crippen LogP contribution in [0.25, 0.3) is 0 Å². The largest absolute Gasteiger partial charge is 0.338 e. The molecule has 0 bridgehead atoms. The quantitative estimate of drug-likeness (QED) is 0.818. The summed E-state index contributed by atoms with van der Waals surface area (Å²) in [6, 6.07) is 2.22. The number of nitrogens with zero attached hydrogens (tertiary/aromatic N) is 5. The summed E-state index contributed by atoms with van der Waals surface area (Å²) < 4.78 is 4.02. The van der Waals surface area contributed by atoms with E-state index in [1.807, 2.05) is 35.0 Å². The minimum Gasteiger partial charge on any atom is -0.338 e. The molecule has 0 aliphatic carbocycles. The second-order valence-corrected chi connectivity index (χ2v) is 5.88. The third kappa shape index (κ3) is 3.37. The van der Waals surface area contributed by atoms with Gasteiger partial charge in [-0.1, -0.05) is 0 Å². The Morgan fingerprint density at radius 2 is 2.27 bits per heavy atom. The fraction of sp³-hybridized carbons (Fsp3) is 0.562. The predicted octanol–water partition coefficient (Wildman–Crippen LogP) is 1.86. The Balaban J connectivity index is 1.49. The molecule has 1 atom stereocenters. The third-order valence-electron chi connectivity index (χ3n) is 4.37. The van der Waals surface area contributed by atoms with Crippen molar-refractivity contribution in [3.05, 3.63) is 36.7 Å². The van der Waals surface area contributed by atoms with Gasteiger partial charge in [0.1, 0.15) is 5.82 Å². The van der Waals surface area contributed by atoms with Crippen LogP contribution >= 0.6 is 0 Å². The smallest absolute Gasteiger partial charge is 0.222 e. The van der Waals surface area contributed by atoms with E-state index in [-0.39, 0.29) is 5.91 Å². The number of aryl methyl sites for hydroxylation is 2. The van der Waals surface area contributed by atoms with Crippen molar-refractivity contribution in [3.8, 4) is 0 Å². The number of rotatable bonds is 6. The van der Waals surface area contributed by atoms with Crippen LogP contribution in [0.2, 0.25) is 0 Å². The van der Waals surface area contributed by atoms with Gasteiger partial charge in [-0.2, -0.15) is 5.10 Å². The van der Waals surface area contributed by atoms with Crippen LogP contribution in [0, 0.1) is 6.92 Å². The van der Waals surface area contributed by atoms with E-state index in [9.17, 15) is 4.79 Å². The van der Waals surface area contributed by atoms with Crippen LogP contribution < -0.4 is 0 Å². The van der Waals surface area contributed by atoms with Crippen molar-refractivity contribution < 1.29 is 4.79 Å². The maximum atomic E-state index is 12.5. The number of aromatic nitrogens is 4. The summed E-state index contributed by atoms with van der Waals surface area (Å²) in [4.78, 5) is 18.7. The fourth-order valence-electron chi connectivity index (χ4n) is 3.16. The molecule has 1 unspecified atom stereocenters. The van der Waals surface area contributed by atoms with Gasteiger partial charge in [0.25, 0.3) is 0 Å². The zero-order chi connectivity index (χ0) is 15.4. The molecule has 2 aromatic rings. The SMILES string of the molecule is Cc1nccn1CCCC(=O)N1CCCC1Cn1cccn1. The maximum absolute atomic E-state index is 12.5. The van der Waals surface area contributed by atoms with Crippen molar-refractivity contribution in [1.29, 1.82) is 0 Å². The summed E-state index contributed by atoms with van der Waals surface area (Å²) in [5.41, 5.74) is 0. The second-order valence-electron chi connectivity index (χ2n) is 5.88. The first-order valence-corrected chi connectivity index (χ1v) is 7.98. The Morgan fingerprint density at radius 3 is 3.00 bits per heavy atom. The second kappa shape index (κ2) is 6.77. The average molecular weight is 301 g/mol. The zero-order valence-corrected chi connectivity index (χ0v) is 13.1. The highest BCUT2D eigenvalue weighted by Crippen LogP contribution is 2.20. The van der Waals surface area contributed by atoms with Gasteiger partial charge < -0.3 is 9.47 Å². The molecule has 3 rings (SSSR count). The van der Waals surface area contributed by atoms with Crippen molar-refractivity contribution >= 4 is 5.91 Å². The number of likely N-dealkylation sites (tertiary alicyclic amines) is 1. The first kappa shape index (κ1) is 14.8. The normalized spacial score (nSPS) is 18.0. The Hall–Kier alpha value is -2.11. The molecule has 1 amide bonds. The van der Waals surface area contributed by atoms with Crippen LogP contribution in [-0.4, -0.2) is 42.7 Å². The third-order valence-corrected chi connectivity index (χ3v) is 4.37. The molecular weight excluding hydrogens is 278 g/mol. The summed E-state index contributed by atoms with van der Waals surface area (Å²) in [5, 5.41) is 4.25. The van der Waals surface area contributed by atoms with Crippen LogP contribution in [0.3, 0.4) is 0 Å². The van der Waals surface area contributed by atoms with Gasteiger partial charge in [-0.05, 0) is 32.3 Å². The first-order valence-electron chi connectivity index (χ1n) is 7.98. The van der Waals surface area contributed by atoms with Gasteiger partial charge in [-0.25, -0.2) is 4.98 Å². The minimum atomic E-state index is 0.271. The lowest BCUT2D eigenvalue weighted by atomic mass is 10.2. The zero-order valence-electron chi connectivity index (χ0n) is 13.1. The van der Waals surface area contributed by atoms with Crippen LogP contribution in [0.5, 0.6) is 0 Å². The summed E-state index contributed by atoms with van der Waals surface area (Å²) >= 11 is 0. The molecule has 3 heterocycles. The molecule has 1 saturated heterocycles. The van der Waals surface area contributed by atoms with Gasteiger partial charge in [0, 0.05) is 44.3 Å². The van der Waals surface area contributed by atoms with E-state index in [1.54, 1.807) is 12.4 Å². The molecule has 1 aliphatic rings. The lowest BCUT2D eigenvalue weighted by molar-refractivity contribution is -0.132. The van der Waals surface area contributed by atoms with Gasteiger partial charge in [0.05, 0.1) is 12.6 Å². The van der Waals surface area contributed by atoms with Crippen LogP contribution in [-0.2, 0) is 17.9 Å². The molecule has 1 fully saturated rings. The Morgan fingerprint density at radius 1 is 1.36 bits per heavy atom. The van der Waals surface area contributed by atoms with Crippen molar-refractivity contribution in [2.45, 2.75) is 51.7 Å². The van der Waals surface area contributed by atoms with E-state index in [0.29, 0.717) is 12.5 Å². The van der Waals surface area contributed by atoms with Gasteiger partial charge >= 0.3 is 0 Å². The van der Waals surface area contributed by atoms with Crippen molar-refractivity contribution in [2.75, 3.05) is 6.54 Å². The first-order chi connectivity index (χ1) is 10.7. The number of hydrogen-bond acceptors (Lipinski definition) is 3. The Labute approximate surface area is 130 Å². The molecule has 6 nitrogen and oxygen atoms in total. The monoisotopic (exact) mass is 301 g/mol. The summed E-state index contributed by atoms with van der Waals surface area (Å²) in [5.74, 6) is 1.28. The molecule has 6 heteroatoms. The topological polar surface area (TPSA) is 56.0 Å². The lowest BCUT2D eigenvalue weighted by Crippen LogP contribution is -2.38. The molecule has 118 valence electrons. The van der Waals surface area contributed by atoms with E-state index in [2.05, 4.69) is 14.6 Å². The molecule has 0 saturated carbocycles. The molecule has 0 aromatic carbocycles. The van der Waals surface area contributed by atoms with Crippen molar-refractivity contribution in [2.24, 2.45) is 0 Å². The highest BCUT2D eigenvalue weighted by atomic mass is 16.2. The number of hydrogen-bond donors (Lipinski definition) is 0. The van der Waals surface area contributed by atoms with Crippen molar-refractivity contribution in [1.82, 2.24) is 24.2 Å². The standard InChI is InChI=1S/C16H23N5O/c1-14-17-8-12-19(14)9-3-6-16(22)21-11-2-5-15(21)13-20-10-4-7-18-20/h4,7-8,10,12,15H,2-3,5-6,9,11,13H2,1H3. The molecule has 0 spiro atoms. The molecule has 2 aromatic heterocycles. The lowest BCUT2D eigenvalue weighted by Gasteiger charge is -2.25. The van der Waals surface area contributed by atoms with Crippen LogP contribution in [0.4, 0.5) is 0 Å². The Bertz CT molecular complexity index is 604. The molecule has 22 heavy (non-hydrogen) atoms. The van der Waals surface area contributed by atoms with E-state index < -0.39 is 0 Å². The molecule has 1 aliphatic heterocycles. The summed E-state index contributed by atoms with van der Waals surface area (Å²) in [6.07, 6.45) is 11.2. The molecule has 0 radical (unpaired) electrons. The maximum Gasteiger partial charge on any atom is 0.222 e. The fourth-order valence-corrected chi connectivity index (χ4v) is 3.16. The van der Waals surface area contributed by atoms with Gasteiger partial charge in [0.2, 0.25) is 5.91 Å². The van der Waals surface area contributed by atoms with Gasteiger partial charge in [-0.15, -0.1) is 0 Å². The summed E-state index contributed by atoms with van der Waals surface area (Å²) in [7, 11) is 0. The van der Waals surface area contributed by atoms with Crippen LogP contribution in [0.15, 0.2) is 30.9 Å². The average Bonchev–Trinajstić information content (AvgIpc) is 3.23. The number of amides is 1. The van der Waals surface area contributed by atoms with Crippen molar-refractivity contribution in [3.63, 3.8) is 0 Å². The van der Waals surface area contributed by atoms with E-state index in [1.165, 1.54) is 0 Å². The van der Waals surface area contributed by atoms with E-state index in [4.69, 9.17) is 0 Å². The van der Waals surface area contributed by atoms with Crippen LogP contribution in [0.1, 0.15) is 31.5 Å². The van der Waals surface area contributed by atoms with Gasteiger partial charge in [-0.3, -0.25) is 9.48 Å². The van der Waals surface area contributed by atoms with E-state index in [0.717, 1.165) is 44.7 Å². The van der Waals surface area contributed by atoms with Gasteiger partial charge in [0.15, 0.2) is 0 Å². The molecule has 0 N–H and O–H groups in total. The summed E-state index contributed by atoms with van der Waals surface area (Å²) in [6.45, 7) is 4.53. The number of imidazole rings is 1.